The lowest BCUT2D eigenvalue weighted by Gasteiger charge is -2.18. The van der Waals surface area contributed by atoms with E-state index < -0.39 is 0 Å². The average molecular weight is 218 g/mol. The molecule has 2 aromatic heterocycles. The van der Waals surface area contributed by atoms with Crippen LogP contribution in [-0.2, 0) is 5.41 Å². The van der Waals surface area contributed by atoms with Crippen LogP contribution in [0.3, 0.4) is 0 Å². The molecule has 2 rings (SSSR count). The number of nitrogens with zero attached hydrogens (tertiary/aromatic N) is 2. The molecule has 0 spiro atoms. The molecule has 86 valence electrons. The highest BCUT2D eigenvalue weighted by Gasteiger charge is 2.21. The first-order chi connectivity index (χ1) is 7.39. The van der Waals surface area contributed by atoms with E-state index in [2.05, 4.69) is 44.6 Å². The van der Waals surface area contributed by atoms with Crippen molar-refractivity contribution in [2.45, 2.75) is 46.0 Å². The Morgan fingerprint density at radius 1 is 1.19 bits per heavy atom. The lowest BCUT2D eigenvalue weighted by Crippen LogP contribution is -2.17. The van der Waals surface area contributed by atoms with E-state index in [9.17, 15) is 0 Å². The monoisotopic (exact) mass is 218 g/mol. The van der Waals surface area contributed by atoms with E-state index >= 15 is 0 Å². The smallest absolute Gasteiger partial charge is 0.229 e. The van der Waals surface area contributed by atoms with E-state index in [1.165, 1.54) is 0 Å². The second-order valence-corrected chi connectivity index (χ2v) is 5.48. The zero-order chi connectivity index (χ0) is 11.9. The number of furan rings is 1. The minimum Gasteiger partial charge on any atom is -0.446 e. The lowest BCUT2D eigenvalue weighted by molar-refractivity contribution is 0.529. The van der Waals surface area contributed by atoms with Crippen LogP contribution in [-0.4, -0.2) is 9.97 Å². The van der Waals surface area contributed by atoms with Crippen molar-refractivity contribution in [2.24, 2.45) is 0 Å². The number of hydrogen-bond donors (Lipinski definition) is 0. The average Bonchev–Trinajstić information content (AvgIpc) is 2.61. The van der Waals surface area contributed by atoms with E-state index in [0.717, 1.165) is 16.9 Å². The first-order valence-electron chi connectivity index (χ1n) is 5.65. The standard InChI is InChI=1S/C13H18N2O/c1-8(2)10-9-6-7-16-11(9)15-12(14-10)13(3,4)5/h6-8H,1-5H3. The van der Waals surface area contributed by atoms with Crippen LogP contribution < -0.4 is 0 Å². The van der Waals surface area contributed by atoms with Crippen molar-refractivity contribution in [1.82, 2.24) is 9.97 Å². The molecule has 0 saturated heterocycles. The number of fused-ring (bicyclic) bond motifs is 1. The van der Waals surface area contributed by atoms with Gasteiger partial charge in [0, 0.05) is 5.41 Å². The van der Waals surface area contributed by atoms with E-state index in [1.54, 1.807) is 6.26 Å². The van der Waals surface area contributed by atoms with Crippen molar-refractivity contribution in [3.63, 3.8) is 0 Å². The zero-order valence-electron chi connectivity index (χ0n) is 10.5. The first kappa shape index (κ1) is 11.1. The van der Waals surface area contributed by atoms with Gasteiger partial charge >= 0.3 is 0 Å². The third-order valence-corrected chi connectivity index (χ3v) is 2.57. The van der Waals surface area contributed by atoms with Crippen molar-refractivity contribution in [3.05, 3.63) is 23.8 Å². The Morgan fingerprint density at radius 2 is 1.88 bits per heavy atom. The molecule has 0 aliphatic rings. The second-order valence-electron chi connectivity index (χ2n) is 5.48. The van der Waals surface area contributed by atoms with Gasteiger partial charge in [-0.15, -0.1) is 0 Å². The van der Waals surface area contributed by atoms with E-state index in [-0.39, 0.29) is 5.41 Å². The Morgan fingerprint density at radius 3 is 2.44 bits per heavy atom. The summed E-state index contributed by atoms with van der Waals surface area (Å²) in [6.07, 6.45) is 1.68. The number of aromatic nitrogens is 2. The Hall–Kier alpha value is -1.38. The quantitative estimate of drug-likeness (QED) is 0.733. The predicted molar refractivity (Wildman–Crippen MR) is 64.6 cm³/mol. The van der Waals surface area contributed by atoms with Crippen molar-refractivity contribution >= 4 is 11.1 Å². The summed E-state index contributed by atoms with van der Waals surface area (Å²) in [5.41, 5.74) is 1.72. The van der Waals surface area contributed by atoms with Gasteiger partial charge in [-0.2, -0.15) is 4.98 Å². The highest BCUT2D eigenvalue weighted by atomic mass is 16.3. The van der Waals surface area contributed by atoms with Gasteiger partial charge in [-0.05, 0) is 12.0 Å². The molecule has 0 saturated carbocycles. The van der Waals surface area contributed by atoms with Crippen LogP contribution in [0, 0.1) is 0 Å². The summed E-state index contributed by atoms with van der Waals surface area (Å²) in [4.78, 5) is 9.14. The van der Waals surface area contributed by atoms with Gasteiger partial charge in [0.05, 0.1) is 17.3 Å². The Balaban J connectivity index is 2.71. The molecule has 0 radical (unpaired) electrons. The van der Waals surface area contributed by atoms with Gasteiger partial charge < -0.3 is 4.42 Å². The molecular weight excluding hydrogens is 200 g/mol. The van der Waals surface area contributed by atoms with Gasteiger partial charge in [0.2, 0.25) is 5.71 Å². The molecule has 2 heterocycles. The van der Waals surface area contributed by atoms with Crippen molar-refractivity contribution in [3.8, 4) is 0 Å². The van der Waals surface area contributed by atoms with E-state index in [0.29, 0.717) is 11.6 Å². The highest BCUT2D eigenvalue weighted by molar-refractivity contribution is 5.76. The number of hydrogen-bond acceptors (Lipinski definition) is 3. The summed E-state index contributed by atoms with van der Waals surface area (Å²) in [5.74, 6) is 1.22. The molecular formula is C13H18N2O. The normalized spacial score (nSPS) is 12.6. The van der Waals surface area contributed by atoms with Crippen molar-refractivity contribution in [2.75, 3.05) is 0 Å². The van der Waals surface area contributed by atoms with Crippen molar-refractivity contribution < 1.29 is 4.42 Å². The van der Waals surface area contributed by atoms with Crippen LogP contribution in [0.15, 0.2) is 16.7 Å². The Kier molecular flexibility index (Phi) is 2.49. The lowest BCUT2D eigenvalue weighted by atomic mass is 9.95. The van der Waals surface area contributed by atoms with Crippen LogP contribution >= 0.6 is 0 Å². The van der Waals surface area contributed by atoms with E-state index in [4.69, 9.17) is 4.42 Å². The maximum atomic E-state index is 5.39. The fourth-order valence-electron chi connectivity index (χ4n) is 1.65. The van der Waals surface area contributed by atoms with Crippen molar-refractivity contribution in [1.29, 1.82) is 0 Å². The van der Waals surface area contributed by atoms with Gasteiger partial charge in [0.25, 0.3) is 0 Å². The first-order valence-corrected chi connectivity index (χ1v) is 5.65. The Bertz CT molecular complexity index is 506. The highest BCUT2D eigenvalue weighted by Crippen LogP contribution is 2.27. The fourth-order valence-corrected chi connectivity index (χ4v) is 1.65. The maximum Gasteiger partial charge on any atom is 0.229 e. The largest absolute Gasteiger partial charge is 0.446 e. The van der Waals surface area contributed by atoms with E-state index in [1.807, 2.05) is 6.07 Å². The Labute approximate surface area is 95.9 Å². The molecule has 3 heteroatoms. The SMILES string of the molecule is CC(C)c1nc(C(C)(C)C)nc2occc12. The molecule has 0 N–H and O–H groups in total. The fraction of sp³-hybridized carbons (Fsp3) is 0.538. The molecule has 0 aliphatic carbocycles. The van der Waals surface area contributed by atoms with Gasteiger partial charge in [0.1, 0.15) is 5.82 Å². The third-order valence-electron chi connectivity index (χ3n) is 2.57. The van der Waals surface area contributed by atoms with Crippen LogP contribution in [0.25, 0.3) is 11.1 Å². The molecule has 2 aromatic rings. The molecule has 0 unspecified atom stereocenters. The summed E-state index contributed by atoms with van der Waals surface area (Å²) >= 11 is 0. The molecule has 0 fully saturated rings. The molecule has 0 aliphatic heterocycles. The van der Waals surface area contributed by atoms with Gasteiger partial charge in [0.15, 0.2) is 0 Å². The van der Waals surface area contributed by atoms with Crippen LogP contribution in [0.2, 0.25) is 0 Å². The van der Waals surface area contributed by atoms with Gasteiger partial charge in [-0.25, -0.2) is 4.98 Å². The zero-order valence-corrected chi connectivity index (χ0v) is 10.5. The molecule has 16 heavy (non-hydrogen) atoms. The molecule has 0 bridgehead atoms. The third kappa shape index (κ3) is 1.82. The van der Waals surface area contributed by atoms with Gasteiger partial charge in [-0.1, -0.05) is 34.6 Å². The molecule has 0 amide bonds. The minimum atomic E-state index is -0.0510. The molecule has 3 nitrogen and oxygen atoms in total. The predicted octanol–water partition coefficient (Wildman–Crippen LogP) is 3.64. The summed E-state index contributed by atoms with van der Waals surface area (Å²) in [6, 6.07) is 1.94. The number of rotatable bonds is 1. The summed E-state index contributed by atoms with van der Waals surface area (Å²) in [7, 11) is 0. The minimum absolute atomic E-state index is 0.0510. The van der Waals surface area contributed by atoms with Crippen LogP contribution in [0.5, 0.6) is 0 Å². The summed E-state index contributed by atoms with van der Waals surface area (Å²) in [6.45, 7) is 10.6. The van der Waals surface area contributed by atoms with Crippen LogP contribution in [0.1, 0.15) is 52.1 Å². The summed E-state index contributed by atoms with van der Waals surface area (Å²) in [5, 5.41) is 1.03. The second kappa shape index (κ2) is 3.58. The molecule has 0 aromatic carbocycles. The van der Waals surface area contributed by atoms with Crippen LogP contribution in [0.4, 0.5) is 0 Å². The topological polar surface area (TPSA) is 38.9 Å². The maximum absolute atomic E-state index is 5.39. The van der Waals surface area contributed by atoms with Gasteiger partial charge in [-0.3, -0.25) is 0 Å². The summed E-state index contributed by atoms with van der Waals surface area (Å²) < 4.78 is 5.39. The molecule has 0 atom stereocenters.